The van der Waals surface area contributed by atoms with Gasteiger partial charge in [0.2, 0.25) is 0 Å². The molecule has 0 aromatic carbocycles. The molecule has 1 fully saturated rings. The van der Waals surface area contributed by atoms with E-state index in [0.29, 0.717) is 17.2 Å². The van der Waals surface area contributed by atoms with E-state index in [9.17, 15) is 9.90 Å². The summed E-state index contributed by atoms with van der Waals surface area (Å²) in [6.45, 7) is 3.71. The van der Waals surface area contributed by atoms with E-state index in [1.807, 2.05) is 6.07 Å². The predicted molar refractivity (Wildman–Crippen MR) is 72.1 cm³/mol. The Balaban J connectivity index is 2.11. The van der Waals surface area contributed by atoms with Gasteiger partial charge in [-0.2, -0.15) is 0 Å². The van der Waals surface area contributed by atoms with Crippen molar-refractivity contribution in [1.82, 2.24) is 0 Å². The minimum absolute atomic E-state index is 0.205. The lowest BCUT2D eigenvalue weighted by atomic mass is 10.1. The zero-order valence-electron chi connectivity index (χ0n) is 10.4. The van der Waals surface area contributed by atoms with Crippen LogP contribution in [-0.4, -0.2) is 36.9 Å². The highest BCUT2D eigenvalue weighted by molar-refractivity contribution is 7.18. The number of esters is 1. The molecule has 1 saturated heterocycles. The zero-order chi connectivity index (χ0) is 13.1. The Hall–Kier alpha value is -1.27. The normalized spacial score (nSPS) is 16.9. The highest BCUT2D eigenvalue weighted by atomic mass is 32.1. The summed E-state index contributed by atoms with van der Waals surface area (Å²) in [5.41, 5.74) is 6.31. The Morgan fingerprint density at radius 2 is 2.28 bits per heavy atom. The first-order valence-corrected chi connectivity index (χ1v) is 6.93. The molecule has 5 nitrogen and oxygen atoms in total. The van der Waals surface area contributed by atoms with Crippen molar-refractivity contribution in [3.8, 4) is 0 Å². The first-order chi connectivity index (χ1) is 8.61. The van der Waals surface area contributed by atoms with Gasteiger partial charge < -0.3 is 20.5 Å². The van der Waals surface area contributed by atoms with Crippen LogP contribution in [-0.2, 0) is 4.74 Å². The van der Waals surface area contributed by atoms with Crippen molar-refractivity contribution >= 4 is 28.0 Å². The molecular weight excluding hydrogens is 252 g/mol. The van der Waals surface area contributed by atoms with Crippen LogP contribution in [0.3, 0.4) is 0 Å². The second kappa shape index (κ2) is 5.58. The number of hydrogen-bond donors (Lipinski definition) is 2. The van der Waals surface area contributed by atoms with E-state index in [1.54, 1.807) is 6.92 Å². The fraction of sp³-hybridized carbons (Fsp3) is 0.583. The number of nitrogens with zero attached hydrogens (tertiary/aromatic N) is 1. The number of hydrogen-bond acceptors (Lipinski definition) is 6. The molecule has 0 atom stereocenters. The third kappa shape index (κ3) is 2.76. The smallest absolute Gasteiger partial charge is 0.350 e. The van der Waals surface area contributed by atoms with Gasteiger partial charge in [0, 0.05) is 13.1 Å². The van der Waals surface area contributed by atoms with Crippen molar-refractivity contribution in [3.05, 3.63) is 10.9 Å². The summed E-state index contributed by atoms with van der Waals surface area (Å²) in [6.07, 6.45) is 1.31. The van der Waals surface area contributed by atoms with Crippen LogP contribution in [0.15, 0.2) is 6.07 Å². The van der Waals surface area contributed by atoms with Gasteiger partial charge in [-0.25, -0.2) is 4.79 Å². The Morgan fingerprint density at radius 1 is 1.61 bits per heavy atom. The molecule has 1 aromatic heterocycles. The molecule has 2 rings (SSSR count). The number of anilines is 2. The number of piperidine rings is 1. The number of ether oxygens (including phenoxy) is 1. The van der Waals surface area contributed by atoms with Crippen molar-refractivity contribution in [2.75, 3.05) is 30.3 Å². The minimum atomic E-state index is -0.358. The van der Waals surface area contributed by atoms with Crippen LogP contribution in [0.2, 0.25) is 0 Å². The predicted octanol–water partition coefficient (Wildman–Crippen LogP) is 1.47. The molecule has 0 spiro atoms. The van der Waals surface area contributed by atoms with Crippen molar-refractivity contribution in [2.24, 2.45) is 0 Å². The van der Waals surface area contributed by atoms with Gasteiger partial charge in [0.15, 0.2) is 0 Å². The van der Waals surface area contributed by atoms with E-state index >= 15 is 0 Å². The van der Waals surface area contributed by atoms with Gasteiger partial charge in [-0.3, -0.25) is 0 Å². The standard InChI is InChI=1S/C12H18N2O3S/c1-2-17-12(16)11-9(13)7-10(18-11)14-5-3-8(15)4-6-14/h7-8,15H,2-6,13H2,1H3. The third-order valence-electron chi connectivity index (χ3n) is 2.98. The van der Waals surface area contributed by atoms with Crippen molar-refractivity contribution in [3.63, 3.8) is 0 Å². The molecule has 18 heavy (non-hydrogen) atoms. The first-order valence-electron chi connectivity index (χ1n) is 6.11. The summed E-state index contributed by atoms with van der Waals surface area (Å²) in [7, 11) is 0. The fourth-order valence-electron chi connectivity index (χ4n) is 1.99. The maximum Gasteiger partial charge on any atom is 0.350 e. The highest BCUT2D eigenvalue weighted by Gasteiger charge is 2.22. The number of thiophene rings is 1. The monoisotopic (exact) mass is 270 g/mol. The topological polar surface area (TPSA) is 75.8 Å². The number of nitrogens with two attached hydrogens (primary N) is 1. The van der Waals surface area contributed by atoms with Crippen LogP contribution in [0.1, 0.15) is 29.4 Å². The molecule has 0 amide bonds. The lowest BCUT2D eigenvalue weighted by molar-refractivity contribution is 0.0533. The van der Waals surface area contributed by atoms with E-state index in [0.717, 1.165) is 30.9 Å². The van der Waals surface area contributed by atoms with E-state index in [-0.39, 0.29) is 12.1 Å². The summed E-state index contributed by atoms with van der Waals surface area (Å²) in [5.74, 6) is -0.358. The first kappa shape index (κ1) is 13.2. The van der Waals surface area contributed by atoms with Crippen LogP contribution in [0, 0.1) is 0 Å². The number of rotatable bonds is 3. The molecule has 1 aliphatic rings. The maximum atomic E-state index is 11.7. The molecule has 2 heterocycles. The summed E-state index contributed by atoms with van der Waals surface area (Å²) in [4.78, 5) is 14.3. The minimum Gasteiger partial charge on any atom is -0.462 e. The fourth-order valence-corrected chi connectivity index (χ4v) is 3.02. The zero-order valence-corrected chi connectivity index (χ0v) is 11.2. The van der Waals surface area contributed by atoms with E-state index in [4.69, 9.17) is 10.5 Å². The largest absolute Gasteiger partial charge is 0.462 e. The molecule has 0 aliphatic carbocycles. The molecule has 0 bridgehead atoms. The number of aliphatic hydroxyl groups is 1. The average molecular weight is 270 g/mol. The number of aliphatic hydroxyl groups excluding tert-OH is 1. The van der Waals surface area contributed by atoms with Gasteiger partial charge in [0.1, 0.15) is 4.88 Å². The molecular formula is C12H18N2O3S. The lowest BCUT2D eigenvalue weighted by Crippen LogP contribution is -2.35. The van der Waals surface area contributed by atoms with Gasteiger partial charge in [-0.05, 0) is 25.8 Å². The molecule has 6 heteroatoms. The highest BCUT2D eigenvalue weighted by Crippen LogP contribution is 2.34. The Labute approximate surface area is 110 Å². The van der Waals surface area contributed by atoms with E-state index in [2.05, 4.69) is 4.90 Å². The molecule has 3 N–H and O–H groups in total. The molecule has 0 radical (unpaired) electrons. The summed E-state index contributed by atoms with van der Waals surface area (Å²) >= 11 is 1.36. The number of carbonyl (C=O) groups excluding carboxylic acids is 1. The van der Waals surface area contributed by atoms with E-state index < -0.39 is 0 Å². The Kier molecular flexibility index (Phi) is 4.08. The molecule has 0 saturated carbocycles. The molecule has 1 aliphatic heterocycles. The van der Waals surface area contributed by atoms with Gasteiger partial charge >= 0.3 is 5.97 Å². The maximum absolute atomic E-state index is 11.7. The average Bonchev–Trinajstić information content (AvgIpc) is 2.72. The second-order valence-corrected chi connectivity index (χ2v) is 5.34. The summed E-state index contributed by atoms with van der Waals surface area (Å²) < 4.78 is 4.96. The third-order valence-corrected chi connectivity index (χ3v) is 4.18. The lowest BCUT2D eigenvalue weighted by Gasteiger charge is -2.30. The Bertz CT molecular complexity index is 425. The summed E-state index contributed by atoms with van der Waals surface area (Å²) in [5, 5.41) is 10.4. The van der Waals surface area contributed by atoms with Gasteiger partial charge in [-0.15, -0.1) is 11.3 Å². The van der Waals surface area contributed by atoms with Crippen LogP contribution in [0.5, 0.6) is 0 Å². The Morgan fingerprint density at radius 3 is 2.89 bits per heavy atom. The van der Waals surface area contributed by atoms with Crippen molar-refractivity contribution in [2.45, 2.75) is 25.9 Å². The van der Waals surface area contributed by atoms with E-state index in [1.165, 1.54) is 11.3 Å². The van der Waals surface area contributed by atoms with Crippen LogP contribution >= 0.6 is 11.3 Å². The van der Waals surface area contributed by atoms with Crippen molar-refractivity contribution in [1.29, 1.82) is 0 Å². The molecule has 1 aromatic rings. The SMILES string of the molecule is CCOC(=O)c1sc(N2CCC(O)CC2)cc1N. The molecule has 0 unspecified atom stereocenters. The van der Waals surface area contributed by atoms with Gasteiger partial charge in [0.25, 0.3) is 0 Å². The molecule has 100 valence electrons. The van der Waals surface area contributed by atoms with Crippen LogP contribution < -0.4 is 10.6 Å². The van der Waals surface area contributed by atoms with Crippen LogP contribution in [0.25, 0.3) is 0 Å². The van der Waals surface area contributed by atoms with Crippen LogP contribution in [0.4, 0.5) is 10.7 Å². The van der Waals surface area contributed by atoms with Gasteiger partial charge in [-0.1, -0.05) is 0 Å². The number of carbonyl (C=O) groups is 1. The van der Waals surface area contributed by atoms with Crippen molar-refractivity contribution < 1.29 is 14.6 Å². The van der Waals surface area contributed by atoms with Gasteiger partial charge in [0.05, 0.1) is 23.4 Å². The quantitative estimate of drug-likeness (QED) is 0.813. The number of nitrogen functional groups attached to an aromatic ring is 1. The second-order valence-electron chi connectivity index (χ2n) is 4.31. The summed E-state index contributed by atoms with van der Waals surface area (Å²) in [6, 6.07) is 1.81.